The maximum Gasteiger partial charge on any atom is 0.0305 e. The van der Waals surface area contributed by atoms with Gasteiger partial charge < -0.3 is 0 Å². The van der Waals surface area contributed by atoms with Crippen molar-refractivity contribution in [3.63, 3.8) is 0 Å². The molecule has 1 nitrogen and oxygen atoms in total. The number of piperidine rings is 1. The predicted octanol–water partition coefficient (Wildman–Crippen LogP) is 3.62. The van der Waals surface area contributed by atoms with Crippen molar-refractivity contribution in [2.45, 2.75) is 38.8 Å². The number of hydrogen-bond acceptors (Lipinski definition) is 1. The fourth-order valence-electron chi connectivity index (χ4n) is 2.56. The van der Waals surface area contributed by atoms with Gasteiger partial charge in [0.25, 0.3) is 0 Å². The number of benzene rings is 1. The summed E-state index contributed by atoms with van der Waals surface area (Å²) in [4.78, 5) is 2.57. The highest BCUT2D eigenvalue weighted by atomic mass is 15.2. The zero-order chi connectivity index (χ0) is 11.4. The maximum atomic E-state index is 4.13. The predicted molar refractivity (Wildman–Crippen MR) is 69.3 cm³/mol. The van der Waals surface area contributed by atoms with Crippen LogP contribution in [0, 0.1) is 0 Å². The van der Waals surface area contributed by atoms with Crippen molar-refractivity contribution >= 4 is 0 Å². The lowest BCUT2D eigenvalue weighted by Crippen LogP contribution is -2.39. The average Bonchev–Trinajstić information content (AvgIpc) is 2.31. The van der Waals surface area contributed by atoms with Crippen LogP contribution in [0.15, 0.2) is 42.5 Å². The molecule has 1 aromatic carbocycles. The van der Waals surface area contributed by atoms with Gasteiger partial charge in [0.2, 0.25) is 0 Å². The van der Waals surface area contributed by atoms with Gasteiger partial charge in [0.05, 0.1) is 0 Å². The fraction of sp³-hybridized carbons (Fsp3) is 0.467. The van der Waals surface area contributed by atoms with Crippen molar-refractivity contribution in [2.24, 2.45) is 0 Å². The third-order valence-electron chi connectivity index (χ3n) is 3.41. The van der Waals surface area contributed by atoms with E-state index in [2.05, 4.69) is 48.7 Å². The summed E-state index contributed by atoms with van der Waals surface area (Å²) in [6.07, 6.45) is 3.96. The van der Waals surface area contributed by atoms with E-state index in [0.717, 1.165) is 6.54 Å². The Kier molecular flexibility index (Phi) is 3.79. The lowest BCUT2D eigenvalue weighted by molar-refractivity contribution is 0.164. The first-order valence-corrected chi connectivity index (χ1v) is 6.21. The lowest BCUT2D eigenvalue weighted by Gasteiger charge is -2.36. The topological polar surface area (TPSA) is 3.24 Å². The molecule has 1 aromatic rings. The first-order chi connectivity index (χ1) is 7.77. The van der Waals surface area contributed by atoms with Crippen LogP contribution >= 0.6 is 0 Å². The van der Waals surface area contributed by atoms with Crippen molar-refractivity contribution in [2.75, 3.05) is 6.54 Å². The van der Waals surface area contributed by atoms with Gasteiger partial charge in [-0.15, -0.1) is 0 Å². The van der Waals surface area contributed by atoms with Crippen LogP contribution in [-0.2, 0) is 6.54 Å². The minimum Gasteiger partial charge on any atom is -0.292 e. The molecule has 0 spiro atoms. The summed E-state index contributed by atoms with van der Waals surface area (Å²) in [6.45, 7) is 8.57. The van der Waals surface area contributed by atoms with Crippen molar-refractivity contribution in [1.82, 2.24) is 4.90 Å². The van der Waals surface area contributed by atoms with E-state index in [9.17, 15) is 0 Å². The zero-order valence-corrected chi connectivity index (χ0v) is 10.2. The molecule has 2 rings (SSSR count). The largest absolute Gasteiger partial charge is 0.292 e. The molecule has 1 fully saturated rings. The molecule has 1 atom stereocenters. The van der Waals surface area contributed by atoms with Crippen molar-refractivity contribution in [3.8, 4) is 0 Å². The van der Waals surface area contributed by atoms with Gasteiger partial charge in [-0.05, 0) is 31.9 Å². The first kappa shape index (κ1) is 11.4. The molecule has 0 saturated carbocycles. The van der Waals surface area contributed by atoms with Gasteiger partial charge in [0.1, 0.15) is 0 Å². The summed E-state index contributed by atoms with van der Waals surface area (Å²) < 4.78 is 0. The molecule has 1 heterocycles. The van der Waals surface area contributed by atoms with E-state index < -0.39 is 0 Å². The first-order valence-electron chi connectivity index (χ1n) is 6.21. The zero-order valence-electron chi connectivity index (χ0n) is 10.2. The fourth-order valence-corrected chi connectivity index (χ4v) is 2.56. The Morgan fingerprint density at radius 3 is 2.75 bits per heavy atom. The van der Waals surface area contributed by atoms with Crippen molar-refractivity contribution < 1.29 is 0 Å². The van der Waals surface area contributed by atoms with E-state index in [0.29, 0.717) is 6.04 Å². The monoisotopic (exact) mass is 215 g/mol. The van der Waals surface area contributed by atoms with Gasteiger partial charge in [0, 0.05) is 12.6 Å². The molecule has 1 heteroatoms. The summed E-state index contributed by atoms with van der Waals surface area (Å²) in [5, 5.41) is 0. The number of likely N-dealkylation sites (tertiary alicyclic amines) is 1. The van der Waals surface area contributed by atoms with Gasteiger partial charge >= 0.3 is 0 Å². The third-order valence-corrected chi connectivity index (χ3v) is 3.41. The highest BCUT2D eigenvalue weighted by molar-refractivity contribution is 5.15. The van der Waals surface area contributed by atoms with E-state index in [4.69, 9.17) is 0 Å². The van der Waals surface area contributed by atoms with Gasteiger partial charge in [-0.3, -0.25) is 4.90 Å². The lowest BCUT2D eigenvalue weighted by atomic mass is 9.96. The second-order valence-electron chi connectivity index (χ2n) is 4.81. The van der Waals surface area contributed by atoms with Crippen LogP contribution < -0.4 is 0 Å². The Labute approximate surface area is 98.8 Å². The molecular weight excluding hydrogens is 194 g/mol. The van der Waals surface area contributed by atoms with E-state index in [1.807, 2.05) is 0 Å². The molecule has 0 N–H and O–H groups in total. The van der Waals surface area contributed by atoms with E-state index in [-0.39, 0.29) is 0 Å². The molecule has 0 aliphatic carbocycles. The molecule has 0 bridgehead atoms. The molecule has 0 amide bonds. The highest BCUT2D eigenvalue weighted by Crippen LogP contribution is 2.23. The number of rotatable bonds is 3. The summed E-state index contributed by atoms with van der Waals surface area (Å²) in [5.41, 5.74) is 2.73. The van der Waals surface area contributed by atoms with E-state index >= 15 is 0 Å². The second kappa shape index (κ2) is 5.31. The van der Waals surface area contributed by atoms with Gasteiger partial charge in [-0.2, -0.15) is 0 Å². The van der Waals surface area contributed by atoms with Crippen molar-refractivity contribution in [1.29, 1.82) is 0 Å². The molecule has 1 saturated heterocycles. The van der Waals surface area contributed by atoms with Gasteiger partial charge in [-0.1, -0.05) is 48.9 Å². The van der Waals surface area contributed by atoms with Crippen LogP contribution in [0.1, 0.15) is 31.7 Å². The summed E-state index contributed by atoms with van der Waals surface area (Å²) >= 11 is 0. The minimum absolute atomic E-state index is 0.592. The highest BCUT2D eigenvalue weighted by Gasteiger charge is 2.22. The molecule has 86 valence electrons. The maximum absolute atomic E-state index is 4.13. The Hall–Kier alpha value is -1.08. The Balaban J connectivity index is 2.04. The van der Waals surface area contributed by atoms with Crippen LogP contribution in [0.2, 0.25) is 0 Å². The number of hydrogen-bond donors (Lipinski definition) is 0. The van der Waals surface area contributed by atoms with Crippen LogP contribution in [0.3, 0.4) is 0 Å². The Morgan fingerprint density at radius 1 is 1.31 bits per heavy atom. The minimum atomic E-state index is 0.592. The number of nitrogens with zero attached hydrogens (tertiary/aromatic N) is 1. The van der Waals surface area contributed by atoms with Gasteiger partial charge in [0.15, 0.2) is 0 Å². The van der Waals surface area contributed by atoms with Crippen LogP contribution in [0.5, 0.6) is 0 Å². The normalized spacial score (nSPS) is 21.9. The SMILES string of the molecule is C=C(C)C1CCCCN1Cc1ccccc1. The summed E-state index contributed by atoms with van der Waals surface area (Å²) in [7, 11) is 0. The summed E-state index contributed by atoms with van der Waals surface area (Å²) in [6, 6.07) is 11.3. The van der Waals surface area contributed by atoms with Crippen LogP contribution in [0.4, 0.5) is 0 Å². The van der Waals surface area contributed by atoms with Crippen LogP contribution in [-0.4, -0.2) is 17.5 Å². The smallest absolute Gasteiger partial charge is 0.0305 e. The molecule has 1 aliphatic heterocycles. The van der Waals surface area contributed by atoms with E-state index in [1.54, 1.807) is 0 Å². The molecule has 16 heavy (non-hydrogen) atoms. The molecule has 0 aromatic heterocycles. The third kappa shape index (κ3) is 2.73. The Morgan fingerprint density at radius 2 is 2.06 bits per heavy atom. The molecule has 0 radical (unpaired) electrons. The molecule has 1 unspecified atom stereocenters. The van der Waals surface area contributed by atoms with Gasteiger partial charge in [-0.25, -0.2) is 0 Å². The molecular formula is C15H21N. The quantitative estimate of drug-likeness (QED) is 0.696. The average molecular weight is 215 g/mol. The standard InChI is InChI=1S/C15H21N/c1-13(2)15-10-6-7-11-16(15)12-14-8-4-3-5-9-14/h3-5,8-9,15H,1,6-7,10-12H2,2H3. The second-order valence-corrected chi connectivity index (χ2v) is 4.81. The van der Waals surface area contributed by atoms with Crippen LogP contribution in [0.25, 0.3) is 0 Å². The summed E-state index contributed by atoms with van der Waals surface area (Å²) in [5.74, 6) is 0. The Bertz CT molecular complexity index is 342. The van der Waals surface area contributed by atoms with E-state index in [1.165, 1.54) is 36.9 Å². The molecule has 1 aliphatic rings. The van der Waals surface area contributed by atoms with Crippen molar-refractivity contribution in [3.05, 3.63) is 48.0 Å².